The average molecular weight is 378 g/mol. The van der Waals surface area contributed by atoms with Gasteiger partial charge in [-0.2, -0.15) is 0 Å². The molecule has 1 aromatic heterocycles. The first-order valence-electron chi connectivity index (χ1n) is 7.34. The van der Waals surface area contributed by atoms with Crippen molar-refractivity contribution in [3.8, 4) is 0 Å². The van der Waals surface area contributed by atoms with Gasteiger partial charge in [-0.25, -0.2) is 9.18 Å². The lowest BCUT2D eigenvalue weighted by atomic mass is 10.2. The number of benzene rings is 2. The minimum absolute atomic E-state index is 0.312. The Labute approximate surface area is 152 Å². The molecule has 7 heteroatoms. The molecular weight excluding hydrogens is 365 g/mol. The standard InChI is InChI=1S/C18H13ClFNO3S/c1-10-2-3-12(19)8-14(10)21-17(22)9-24-18(23)16-7-11-6-13(20)4-5-15(11)25-16/h2-8H,9H2,1H3,(H,21,22). The summed E-state index contributed by atoms with van der Waals surface area (Å²) in [5.41, 5.74) is 1.40. The molecule has 0 atom stereocenters. The van der Waals surface area contributed by atoms with Crippen LogP contribution in [-0.4, -0.2) is 18.5 Å². The number of amides is 1. The zero-order chi connectivity index (χ0) is 18.0. The number of rotatable bonds is 4. The first kappa shape index (κ1) is 17.4. The van der Waals surface area contributed by atoms with Crippen molar-refractivity contribution in [2.45, 2.75) is 6.92 Å². The topological polar surface area (TPSA) is 55.4 Å². The van der Waals surface area contributed by atoms with Crippen molar-refractivity contribution in [2.24, 2.45) is 0 Å². The van der Waals surface area contributed by atoms with Crippen LogP contribution in [0.5, 0.6) is 0 Å². The molecule has 1 amide bonds. The fourth-order valence-corrected chi connectivity index (χ4v) is 3.34. The smallest absolute Gasteiger partial charge is 0.348 e. The number of nitrogens with one attached hydrogen (secondary N) is 1. The molecule has 2 aromatic carbocycles. The number of halogens is 2. The van der Waals surface area contributed by atoms with Gasteiger partial charge in [-0.3, -0.25) is 4.79 Å². The molecule has 0 aliphatic carbocycles. The predicted molar refractivity (Wildman–Crippen MR) is 96.9 cm³/mol. The minimum Gasteiger partial charge on any atom is -0.451 e. The molecule has 4 nitrogen and oxygen atoms in total. The third-order valence-corrected chi connectivity index (χ3v) is 4.82. The number of carbonyl (C=O) groups is 2. The SMILES string of the molecule is Cc1ccc(Cl)cc1NC(=O)COC(=O)c1cc2cc(F)ccc2s1. The highest BCUT2D eigenvalue weighted by Gasteiger charge is 2.14. The zero-order valence-electron chi connectivity index (χ0n) is 13.1. The Morgan fingerprint density at radius 2 is 2.00 bits per heavy atom. The highest BCUT2D eigenvalue weighted by atomic mass is 35.5. The molecule has 0 aliphatic heterocycles. The molecule has 0 spiro atoms. The van der Waals surface area contributed by atoms with E-state index in [0.717, 1.165) is 10.3 Å². The summed E-state index contributed by atoms with van der Waals surface area (Å²) in [6, 6.07) is 10.9. The van der Waals surface area contributed by atoms with E-state index in [1.807, 2.05) is 6.92 Å². The third kappa shape index (κ3) is 4.15. The number of ether oxygens (including phenoxy) is 1. The van der Waals surface area contributed by atoms with Gasteiger partial charge in [-0.1, -0.05) is 17.7 Å². The summed E-state index contributed by atoms with van der Waals surface area (Å²) < 4.78 is 19.0. The van der Waals surface area contributed by atoms with Crippen LogP contribution in [0.1, 0.15) is 15.2 Å². The Morgan fingerprint density at radius 1 is 1.20 bits per heavy atom. The van der Waals surface area contributed by atoms with Crippen LogP contribution in [0.2, 0.25) is 5.02 Å². The largest absolute Gasteiger partial charge is 0.451 e. The van der Waals surface area contributed by atoms with E-state index in [4.69, 9.17) is 16.3 Å². The van der Waals surface area contributed by atoms with Gasteiger partial charge in [0.05, 0.1) is 0 Å². The van der Waals surface area contributed by atoms with E-state index >= 15 is 0 Å². The Balaban J connectivity index is 1.62. The molecular formula is C18H13ClFNO3S. The number of fused-ring (bicyclic) bond motifs is 1. The molecule has 128 valence electrons. The number of anilines is 1. The first-order valence-corrected chi connectivity index (χ1v) is 8.54. The molecule has 0 saturated heterocycles. The van der Waals surface area contributed by atoms with E-state index in [0.29, 0.717) is 21.0 Å². The van der Waals surface area contributed by atoms with Gasteiger partial charge in [0.25, 0.3) is 5.91 Å². The predicted octanol–water partition coefficient (Wildman–Crippen LogP) is 4.80. The molecule has 0 bridgehead atoms. The second-order valence-corrected chi connectivity index (χ2v) is 6.90. The molecule has 0 fully saturated rings. The van der Waals surface area contributed by atoms with E-state index in [-0.39, 0.29) is 5.82 Å². The zero-order valence-corrected chi connectivity index (χ0v) is 14.7. The normalized spacial score (nSPS) is 10.7. The summed E-state index contributed by atoms with van der Waals surface area (Å²) in [6.45, 7) is 1.40. The van der Waals surface area contributed by atoms with Crippen LogP contribution in [0.15, 0.2) is 42.5 Å². The number of esters is 1. The Morgan fingerprint density at radius 3 is 2.80 bits per heavy atom. The second-order valence-electron chi connectivity index (χ2n) is 5.38. The molecule has 0 saturated carbocycles. The maximum atomic E-state index is 13.2. The van der Waals surface area contributed by atoms with E-state index in [2.05, 4.69) is 5.32 Å². The monoisotopic (exact) mass is 377 g/mol. The lowest BCUT2D eigenvalue weighted by Crippen LogP contribution is -2.21. The van der Waals surface area contributed by atoms with E-state index in [9.17, 15) is 14.0 Å². The number of aryl methyl sites for hydroxylation is 1. The molecule has 0 radical (unpaired) electrons. The van der Waals surface area contributed by atoms with E-state index in [1.54, 1.807) is 30.3 Å². The molecule has 25 heavy (non-hydrogen) atoms. The number of hydrogen-bond acceptors (Lipinski definition) is 4. The Kier molecular flexibility index (Phi) is 5.01. The lowest BCUT2D eigenvalue weighted by molar-refractivity contribution is -0.119. The van der Waals surface area contributed by atoms with Crippen molar-refractivity contribution < 1.29 is 18.7 Å². The van der Waals surface area contributed by atoms with Gasteiger partial charge in [0.15, 0.2) is 6.61 Å². The summed E-state index contributed by atoms with van der Waals surface area (Å²) in [7, 11) is 0. The summed E-state index contributed by atoms with van der Waals surface area (Å²) in [5.74, 6) is -1.47. The maximum absolute atomic E-state index is 13.2. The third-order valence-electron chi connectivity index (χ3n) is 3.49. The fraction of sp³-hybridized carbons (Fsp3) is 0.111. The van der Waals surface area contributed by atoms with Gasteiger partial charge < -0.3 is 10.1 Å². The minimum atomic E-state index is -0.625. The highest BCUT2D eigenvalue weighted by molar-refractivity contribution is 7.20. The summed E-state index contributed by atoms with van der Waals surface area (Å²) in [6.07, 6.45) is 0. The first-order chi connectivity index (χ1) is 11.9. The van der Waals surface area contributed by atoms with E-state index in [1.165, 1.54) is 23.5 Å². The van der Waals surface area contributed by atoms with E-state index < -0.39 is 18.5 Å². The Hall–Kier alpha value is -2.44. The maximum Gasteiger partial charge on any atom is 0.348 e. The molecule has 3 aromatic rings. The summed E-state index contributed by atoms with van der Waals surface area (Å²) in [4.78, 5) is 24.3. The van der Waals surface area contributed by atoms with Gasteiger partial charge in [0.1, 0.15) is 10.7 Å². The van der Waals surface area contributed by atoms with Crippen LogP contribution < -0.4 is 5.32 Å². The van der Waals surface area contributed by atoms with Crippen molar-refractivity contribution in [1.29, 1.82) is 0 Å². The number of hydrogen-bond donors (Lipinski definition) is 1. The van der Waals surface area contributed by atoms with Crippen molar-refractivity contribution in [3.05, 3.63) is 63.7 Å². The summed E-state index contributed by atoms with van der Waals surface area (Å²) >= 11 is 7.08. The molecule has 1 heterocycles. The van der Waals surface area contributed by atoms with Crippen LogP contribution in [0, 0.1) is 12.7 Å². The van der Waals surface area contributed by atoms with Crippen LogP contribution >= 0.6 is 22.9 Å². The van der Waals surface area contributed by atoms with Crippen molar-refractivity contribution in [1.82, 2.24) is 0 Å². The van der Waals surface area contributed by atoms with Gasteiger partial charge in [0.2, 0.25) is 0 Å². The molecule has 1 N–H and O–H groups in total. The molecule has 0 unspecified atom stereocenters. The molecule has 3 rings (SSSR count). The van der Waals surface area contributed by atoms with Crippen LogP contribution in [0.3, 0.4) is 0 Å². The lowest BCUT2D eigenvalue weighted by Gasteiger charge is -2.09. The van der Waals surface area contributed by atoms with Crippen molar-refractivity contribution in [2.75, 3.05) is 11.9 Å². The highest BCUT2D eigenvalue weighted by Crippen LogP contribution is 2.27. The summed E-state index contributed by atoms with van der Waals surface area (Å²) in [5, 5.41) is 3.76. The Bertz CT molecular complexity index is 970. The second kappa shape index (κ2) is 7.21. The van der Waals surface area contributed by atoms with Gasteiger partial charge in [-0.15, -0.1) is 11.3 Å². The van der Waals surface area contributed by atoms with Gasteiger partial charge in [0, 0.05) is 15.4 Å². The van der Waals surface area contributed by atoms with Gasteiger partial charge in [-0.05, 0) is 54.3 Å². The molecule has 0 aliphatic rings. The number of carbonyl (C=O) groups excluding carboxylic acids is 2. The average Bonchev–Trinajstić information content (AvgIpc) is 2.99. The fourth-order valence-electron chi connectivity index (χ4n) is 2.23. The van der Waals surface area contributed by atoms with Crippen LogP contribution in [-0.2, 0) is 9.53 Å². The van der Waals surface area contributed by atoms with Crippen molar-refractivity contribution in [3.63, 3.8) is 0 Å². The number of thiophene rings is 1. The van der Waals surface area contributed by atoms with Gasteiger partial charge >= 0.3 is 5.97 Å². The van der Waals surface area contributed by atoms with Crippen LogP contribution in [0.25, 0.3) is 10.1 Å². The quantitative estimate of drug-likeness (QED) is 0.664. The van der Waals surface area contributed by atoms with Crippen LogP contribution in [0.4, 0.5) is 10.1 Å². The van der Waals surface area contributed by atoms with Crippen molar-refractivity contribution >= 4 is 50.6 Å².